The molecule has 0 fully saturated rings. The molecule has 1 heterocycles. The standard InChI is InChI=1S/C11H8ClNO2S3/c12-5-1-2-7-8(3-5)18-10(13-7)6(11(15)17)4-9(14)16/h1-3,6H,4H2,(H,14,16)(H,15,17). The lowest BCUT2D eigenvalue weighted by atomic mass is 10.1. The number of hydrogen-bond acceptors (Lipinski definition) is 4. The van der Waals surface area contributed by atoms with E-state index < -0.39 is 5.92 Å². The van der Waals surface area contributed by atoms with Crippen LogP contribution < -0.4 is 0 Å². The van der Waals surface area contributed by atoms with Crippen molar-refractivity contribution in [3.05, 3.63) is 28.2 Å². The Morgan fingerprint density at radius 3 is 2.72 bits per heavy atom. The molecule has 1 aromatic heterocycles. The summed E-state index contributed by atoms with van der Waals surface area (Å²) >= 11 is 16.7. The molecule has 0 aliphatic heterocycles. The fraction of sp³-hybridized carbons (Fsp3) is 0.182. The number of rotatable bonds is 4. The molecule has 0 bridgehead atoms. The maximum absolute atomic E-state index is 9.50. The monoisotopic (exact) mass is 317 g/mol. The highest BCUT2D eigenvalue weighted by Gasteiger charge is 2.22. The van der Waals surface area contributed by atoms with Crippen LogP contribution in [-0.4, -0.2) is 25.3 Å². The quantitative estimate of drug-likeness (QED) is 0.828. The molecule has 7 heteroatoms. The summed E-state index contributed by atoms with van der Waals surface area (Å²) < 4.78 is 0.905. The van der Waals surface area contributed by atoms with Crippen LogP contribution in [0.5, 0.6) is 0 Å². The van der Waals surface area contributed by atoms with Crippen LogP contribution in [0.3, 0.4) is 0 Å². The van der Waals surface area contributed by atoms with Gasteiger partial charge < -0.3 is 10.2 Å². The summed E-state index contributed by atoms with van der Waals surface area (Å²) in [6, 6.07) is 5.34. The Morgan fingerprint density at radius 1 is 1.39 bits per heavy atom. The van der Waals surface area contributed by atoms with Gasteiger partial charge in [-0.3, -0.25) is 0 Å². The summed E-state index contributed by atoms with van der Waals surface area (Å²) in [4.78, 5) is 4.37. The third kappa shape index (κ3) is 2.95. The molecule has 3 nitrogen and oxygen atoms in total. The van der Waals surface area contributed by atoms with E-state index in [0.717, 1.165) is 10.2 Å². The Balaban J connectivity index is 2.44. The van der Waals surface area contributed by atoms with Crippen molar-refractivity contribution in [1.82, 2.24) is 4.98 Å². The van der Waals surface area contributed by atoms with Gasteiger partial charge in [0.25, 0.3) is 0 Å². The van der Waals surface area contributed by atoms with Crippen LogP contribution in [0.1, 0.15) is 17.3 Å². The van der Waals surface area contributed by atoms with E-state index in [9.17, 15) is 5.11 Å². The minimum Gasteiger partial charge on any atom is -0.502 e. The molecule has 0 saturated carbocycles. The molecule has 1 atom stereocenters. The predicted molar refractivity (Wildman–Crippen MR) is 82.4 cm³/mol. The Bertz CT molecular complexity index is 626. The van der Waals surface area contributed by atoms with Gasteiger partial charge in [0.15, 0.2) is 10.1 Å². The fourth-order valence-corrected chi connectivity index (χ4v) is 3.30. The molecular weight excluding hydrogens is 310 g/mol. The summed E-state index contributed by atoms with van der Waals surface area (Å²) in [5.74, 6) is -0.548. The van der Waals surface area contributed by atoms with Gasteiger partial charge in [-0.2, -0.15) is 0 Å². The Morgan fingerprint density at radius 2 is 2.11 bits per heavy atom. The summed E-state index contributed by atoms with van der Waals surface area (Å²) in [6.07, 6.45) is 0.0955. The van der Waals surface area contributed by atoms with Gasteiger partial charge in [-0.1, -0.05) is 11.6 Å². The number of thiocarbonyl (C=S) groups is 2. The zero-order valence-electron chi connectivity index (χ0n) is 8.96. The molecule has 0 spiro atoms. The maximum atomic E-state index is 9.50. The minimum absolute atomic E-state index is 0.0955. The topological polar surface area (TPSA) is 53.4 Å². The van der Waals surface area contributed by atoms with Crippen molar-refractivity contribution in [3.63, 3.8) is 0 Å². The highest BCUT2D eigenvalue weighted by molar-refractivity contribution is 7.80. The van der Waals surface area contributed by atoms with E-state index in [1.54, 1.807) is 18.2 Å². The average molecular weight is 318 g/mol. The van der Waals surface area contributed by atoms with E-state index in [4.69, 9.17) is 28.9 Å². The molecule has 0 amide bonds. The lowest BCUT2D eigenvalue weighted by Gasteiger charge is -2.08. The molecule has 1 unspecified atom stereocenters. The molecule has 94 valence electrons. The predicted octanol–water partition coefficient (Wildman–Crippen LogP) is 4.19. The SMILES string of the molecule is OC(=S)CC(C(O)=S)c1nc2ccc(Cl)cc2s1. The number of benzene rings is 1. The first-order valence-corrected chi connectivity index (χ1v) is 6.99. The lowest BCUT2D eigenvalue weighted by molar-refractivity contribution is 0.511. The molecule has 0 aliphatic carbocycles. The number of fused-ring (bicyclic) bond motifs is 1. The smallest absolute Gasteiger partial charge is 0.167 e. The van der Waals surface area contributed by atoms with Gasteiger partial charge in [0.2, 0.25) is 0 Å². The van der Waals surface area contributed by atoms with Gasteiger partial charge in [0.1, 0.15) is 5.01 Å². The van der Waals surface area contributed by atoms with E-state index >= 15 is 0 Å². The molecule has 1 aromatic carbocycles. The van der Waals surface area contributed by atoms with Gasteiger partial charge in [-0.25, -0.2) is 4.98 Å². The zero-order chi connectivity index (χ0) is 13.3. The van der Waals surface area contributed by atoms with Crippen molar-refractivity contribution in [2.24, 2.45) is 0 Å². The van der Waals surface area contributed by atoms with E-state index in [0.29, 0.717) is 10.0 Å². The number of aliphatic hydroxyl groups excluding tert-OH is 2. The number of hydrogen-bond donors (Lipinski definition) is 2. The van der Waals surface area contributed by atoms with Crippen molar-refractivity contribution in [2.75, 3.05) is 0 Å². The first-order valence-electron chi connectivity index (χ1n) is 4.98. The van der Waals surface area contributed by atoms with E-state index in [1.807, 2.05) is 0 Å². The highest BCUT2D eigenvalue weighted by atomic mass is 35.5. The van der Waals surface area contributed by atoms with Crippen molar-refractivity contribution in [2.45, 2.75) is 12.3 Å². The Labute approximate surface area is 123 Å². The van der Waals surface area contributed by atoms with E-state index in [1.165, 1.54) is 11.3 Å². The summed E-state index contributed by atoms with van der Waals surface area (Å²) in [5.41, 5.74) is 0.782. The Kier molecular flexibility index (Phi) is 4.11. The lowest BCUT2D eigenvalue weighted by Crippen LogP contribution is -2.13. The number of nitrogens with zero attached hydrogens (tertiary/aromatic N) is 1. The summed E-state index contributed by atoms with van der Waals surface area (Å²) in [6.45, 7) is 0. The van der Waals surface area contributed by atoms with Crippen LogP contribution in [0.2, 0.25) is 5.02 Å². The molecule has 18 heavy (non-hydrogen) atoms. The van der Waals surface area contributed by atoms with Crippen molar-refractivity contribution in [3.8, 4) is 0 Å². The van der Waals surface area contributed by atoms with E-state index in [-0.39, 0.29) is 16.5 Å². The molecule has 0 saturated heterocycles. The third-order valence-electron chi connectivity index (χ3n) is 2.34. The first kappa shape index (κ1) is 13.6. The van der Waals surface area contributed by atoms with Gasteiger partial charge in [-0.05, 0) is 42.6 Å². The van der Waals surface area contributed by atoms with Crippen LogP contribution in [0.15, 0.2) is 18.2 Å². The minimum atomic E-state index is -0.548. The van der Waals surface area contributed by atoms with E-state index in [2.05, 4.69) is 17.2 Å². The van der Waals surface area contributed by atoms with Crippen molar-refractivity contribution in [1.29, 1.82) is 0 Å². The van der Waals surface area contributed by atoms with Crippen molar-refractivity contribution < 1.29 is 10.2 Å². The zero-order valence-corrected chi connectivity index (χ0v) is 12.2. The fourth-order valence-electron chi connectivity index (χ4n) is 1.52. The van der Waals surface area contributed by atoms with Crippen LogP contribution in [-0.2, 0) is 0 Å². The molecule has 0 radical (unpaired) electrons. The molecule has 0 aliphatic rings. The van der Waals surface area contributed by atoms with Crippen LogP contribution in [0.25, 0.3) is 10.2 Å². The van der Waals surface area contributed by atoms with Gasteiger partial charge in [0.05, 0.1) is 16.1 Å². The average Bonchev–Trinajstić information content (AvgIpc) is 2.67. The van der Waals surface area contributed by atoms with Crippen LogP contribution in [0.4, 0.5) is 0 Å². The summed E-state index contributed by atoms with van der Waals surface area (Å²) in [7, 11) is 0. The number of aliphatic hydroxyl groups is 2. The van der Waals surface area contributed by atoms with Crippen molar-refractivity contribution >= 4 is 67.7 Å². The molecule has 2 N–H and O–H groups in total. The first-order chi connectivity index (χ1) is 8.47. The second kappa shape index (κ2) is 5.44. The third-order valence-corrected chi connectivity index (χ3v) is 4.16. The van der Waals surface area contributed by atoms with Gasteiger partial charge >= 0.3 is 0 Å². The molecule has 2 aromatic rings. The number of thiazole rings is 1. The Hall–Kier alpha value is -0.820. The maximum Gasteiger partial charge on any atom is 0.167 e. The van der Waals surface area contributed by atoms with Gasteiger partial charge in [0, 0.05) is 11.4 Å². The number of halogens is 1. The normalized spacial score (nSPS) is 12.5. The van der Waals surface area contributed by atoms with Crippen LogP contribution >= 0.6 is 47.4 Å². The van der Waals surface area contributed by atoms with Gasteiger partial charge in [-0.15, -0.1) is 11.3 Å². The second-order valence-corrected chi connectivity index (χ2v) is 6.04. The molecule has 2 rings (SSSR count). The molecular formula is C11H8ClNO2S3. The summed E-state index contributed by atoms with van der Waals surface area (Å²) in [5, 5.41) is 19.5. The second-order valence-electron chi connectivity index (χ2n) is 3.65. The largest absolute Gasteiger partial charge is 0.502 e. The number of aromatic nitrogens is 1. The highest BCUT2D eigenvalue weighted by Crippen LogP contribution is 2.31. The van der Waals surface area contributed by atoms with Crippen LogP contribution in [0, 0.1) is 0 Å².